The van der Waals surface area contributed by atoms with Crippen LogP contribution in [0.3, 0.4) is 0 Å². The highest BCUT2D eigenvalue weighted by Crippen LogP contribution is 2.27. The predicted octanol–water partition coefficient (Wildman–Crippen LogP) is 2.66. The van der Waals surface area contributed by atoms with Gasteiger partial charge in [-0.05, 0) is 36.4 Å². The van der Waals surface area contributed by atoms with Gasteiger partial charge in [-0.25, -0.2) is 8.42 Å². The Hall–Kier alpha value is -3.02. The van der Waals surface area contributed by atoms with Crippen LogP contribution in [0.4, 0.5) is 0 Å². The minimum Gasteiger partial charge on any atom is -0.495 e. The molecule has 3 aromatic rings. The molecule has 1 heterocycles. The lowest BCUT2D eigenvalue weighted by atomic mass is 10.2. The molecule has 0 fully saturated rings. The fourth-order valence-corrected chi connectivity index (χ4v) is 5.82. The maximum absolute atomic E-state index is 12.9. The Bertz CT molecular complexity index is 1340. The minimum atomic E-state index is -3.63. The number of benzene rings is 2. The Kier molecular flexibility index (Phi) is 7.67. The van der Waals surface area contributed by atoms with Gasteiger partial charge < -0.3 is 14.0 Å². The summed E-state index contributed by atoms with van der Waals surface area (Å²) in [5.74, 6) is -0.529. The molecule has 0 N–H and O–H groups in total. The highest BCUT2D eigenvalue weighted by atomic mass is 32.2. The molecule has 0 saturated heterocycles. The Morgan fingerprint density at radius 3 is 2.30 bits per heavy atom. The van der Waals surface area contributed by atoms with Crippen LogP contribution in [0, 0.1) is 0 Å². The lowest BCUT2D eigenvalue weighted by Gasteiger charge is -2.18. The first-order valence-corrected chi connectivity index (χ1v) is 12.4. The van der Waals surface area contributed by atoms with Crippen LogP contribution in [0.5, 0.6) is 5.75 Å². The highest BCUT2D eigenvalue weighted by molar-refractivity contribution is 7.89. The molecule has 0 unspecified atom stereocenters. The Balaban J connectivity index is 2.04. The lowest BCUT2D eigenvalue weighted by Crippen LogP contribution is -2.30. The van der Waals surface area contributed by atoms with Gasteiger partial charge in [-0.1, -0.05) is 31.3 Å². The quantitative estimate of drug-likeness (QED) is 0.449. The third kappa shape index (κ3) is 5.00. The van der Waals surface area contributed by atoms with Crippen molar-refractivity contribution in [3.63, 3.8) is 0 Å². The molecule has 1 aromatic heterocycles. The molecular weight excluding hydrogens is 466 g/mol. The third-order valence-electron chi connectivity index (χ3n) is 5.04. The van der Waals surface area contributed by atoms with E-state index in [-0.39, 0.29) is 17.0 Å². The second-order valence-corrected chi connectivity index (χ2v) is 9.83. The summed E-state index contributed by atoms with van der Waals surface area (Å²) < 4.78 is 39.2. The number of carbonyl (C=O) groups is 2. The zero-order valence-corrected chi connectivity index (χ0v) is 20.4. The second kappa shape index (κ2) is 10.3. The number of esters is 1. The van der Waals surface area contributed by atoms with Crippen molar-refractivity contribution < 1.29 is 27.5 Å². The fourth-order valence-electron chi connectivity index (χ4n) is 3.32. The normalized spacial score (nSPS) is 12.3. The third-order valence-corrected chi connectivity index (χ3v) is 8.15. The Labute approximate surface area is 195 Å². The van der Waals surface area contributed by atoms with Crippen molar-refractivity contribution in [2.45, 2.75) is 25.3 Å². The number of rotatable bonds is 8. The number of hydrogen-bond donors (Lipinski definition) is 0. The zero-order valence-electron chi connectivity index (χ0n) is 18.8. The Morgan fingerprint density at radius 1 is 1.06 bits per heavy atom. The Morgan fingerprint density at radius 2 is 1.73 bits per heavy atom. The number of sulfonamides is 1. The van der Waals surface area contributed by atoms with Gasteiger partial charge in [-0.3, -0.25) is 9.59 Å². The number of para-hydroxylation sites is 1. The summed E-state index contributed by atoms with van der Waals surface area (Å²) >= 11 is 1.23. The number of aromatic nitrogens is 1. The molecule has 0 atom stereocenters. The van der Waals surface area contributed by atoms with Crippen molar-refractivity contribution in [2.75, 3.05) is 27.3 Å². The van der Waals surface area contributed by atoms with Crippen LogP contribution < -0.4 is 9.54 Å². The van der Waals surface area contributed by atoms with Gasteiger partial charge in [0, 0.05) is 18.7 Å². The van der Waals surface area contributed by atoms with E-state index in [1.54, 1.807) is 30.5 Å². The molecule has 2 aromatic carbocycles. The molecule has 1 amide bonds. The van der Waals surface area contributed by atoms with E-state index >= 15 is 0 Å². The standard InChI is InChI=1S/C22H25N3O6S2/c1-5-24(6-2)33(28,29)16-12-10-15(11-13-16)21(27)23-22-25(14-19(26)31-4)20-17(30-3)8-7-9-18(20)32-22/h7-13H,5-6,14H2,1-4H3. The molecule has 33 heavy (non-hydrogen) atoms. The van der Waals surface area contributed by atoms with Gasteiger partial charge in [-0.2, -0.15) is 9.30 Å². The molecule has 3 rings (SSSR count). The second-order valence-electron chi connectivity index (χ2n) is 6.88. The summed E-state index contributed by atoms with van der Waals surface area (Å²) in [4.78, 5) is 29.5. The predicted molar refractivity (Wildman–Crippen MR) is 125 cm³/mol. The maximum atomic E-state index is 12.9. The van der Waals surface area contributed by atoms with Gasteiger partial charge in [0.1, 0.15) is 17.8 Å². The SMILES string of the molecule is CCN(CC)S(=O)(=O)c1ccc(C(=O)N=c2sc3cccc(OC)c3n2CC(=O)OC)cc1. The van der Waals surface area contributed by atoms with E-state index in [4.69, 9.17) is 9.47 Å². The number of thiazole rings is 1. The van der Waals surface area contributed by atoms with Crippen LogP contribution in [0.2, 0.25) is 0 Å². The molecule has 9 nitrogen and oxygen atoms in total. The van der Waals surface area contributed by atoms with E-state index < -0.39 is 21.9 Å². The first kappa shape index (κ1) is 24.6. The van der Waals surface area contributed by atoms with E-state index in [0.717, 1.165) is 4.70 Å². The highest BCUT2D eigenvalue weighted by Gasteiger charge is 2.22. The van der Waals surface area contributed by atoms with Crippen molar-refractivity contribution in [1.82, 2.24) is 8.87 Å². The number of hydrogen-bond acceptors (Lipinski definition) is 7. The summed E-state index contributed by atoms with van der Waals surface area (Å²) in [6.45, 7) is 4.09. The molecule has 0 saturated carbocycles. The van der Waals surface area contributed by atoms with Gasteiger partial charge in [0.2, 0.25) is 10.0 Å². The molecule has 0 aliphatic rings. The largest absolute Gasteiger partial charge is 0.495 e. The maximum Gasteiger partial charge on any atom is 0.325 e. The van der Waals surface area contributed by atoms with Gasteiger partial charge in [0.25, 0.3) is 5.91 Å². The van der Waals surface area contributed by atoms with E-state index in [0.29, 0.717) is 29.2 Å². The van der Waals surface area contributed by atoms with Crippen molar-refractivity contribution >= 4 is 43.5 Å². The molecule has 0 radical (unpaired) electrons. The lowest BCUT2D eigenvalue weighted by molar-refractivity contribution is -0.141. The minimum absolute atomic E-state index is 0.107. The number of methoxy groups -OCH3 is 2. The topological polar surface area (TPSA) is 107 Å². The smallest absolute Gasteiger partial charge is 0.325 e. The molecule has 0 aliphatic heterocycles. The number of ether oxygens (including phenoxy) is 2. The van der Waals surface area contributed by atoms with E-state index in [2.05, 4.69) is 4.99 Å². The van der Waals surface area contributed by atoms with Crippen molar-refractivity contribution in [3.05, 3.63) is 52.8 Å². The van der Waals surface area contributed by atoms with Crippen LogP contribution >= 0.6 is 11.3 Å². The number of carbonyl (C=O) groups excluding carboxylic acids is 2. The van der Waals surface area contributed by atoms with Gasteiger partial charge >= 0.3 is 5.97 Å². The molecule has 11 heteroatoms. The summed E-state index contributed by atoms with van der Waals surface area (Å²) in [5, 5.41) is 0. The number of fused-ring (bicyclic) bond motifs is 1. The number of amides is 1. The van der Waals surface area contributed by atoms with E-state index in [1.807, 2.05) is 6.07 Å². The van der Waals surface area contributed by atoms with Crippen LogP contribution in [0.1, 0.15) is 24.2 Å². The van der Waals surface area contributed by atoms with Crippen LogP contribution in [-0.4, -0.2) is 56.5 Å². The molecule has 0 aliphatic carbocycles. The first-order chi connectivity index (χ1) is 15.8. The monoisotopic (exact) mass is 491 g/mol. The van der Waals surface area contributed by atoms with Gasteiger partial charge in [0.05, 0.1) is 23.8 Å². The van der Waals surface area contributed by atoms with Gasteiger partial charge in [-0.15, -0.1) is 0 Å². The van der Waals surface area contributed by atoms with Crippen LogP contribution in [0.15, 0.2) is 52.4 Å². The average Bonchev–Trinajstić information content (AvgIpc) is 3.16. The van der Waals surface area contributed by atoms with Crippen molar-refractivity contribution in [3.8, 4) is 5.75 Å². The summed E-state index contributed by atoms with van der Waals surface area (Å²) in [5.41, 5.74) is 0.852. The summed E-state index contributed by atoms with van der Waals surface area (Å²) in [6.07, 6.45) is 0. The van der Waals surface area contributed by atoms with Crippen LogP contribution in [-0.2, 0) is 26.1 Å². The average molecular weight is 492 g/mol. The van der Waals surface area contributed by atoms with Crippen molar-refractivity contribution in [2.24, 2.45) is 4.99 Å². The molecule has 176 valence electrons. The van der Waals surface area contributed by atoms with E-state index in [9.17, 15) is 18.0 Å². The first-order valence-electron chi connectivity index (χ1n) is 10.2. The summed E-state index contributed by atoms with van der Waals surface area (Å²) in [6, 6.07) is 11.1. The zero-order chi connectivity index (χ0) is 24.2. The van der Waals surface area contributed by atoms with E-state index in [1.165, 1.54) is 54.1 Å². The molecule has 0 bridgehead atoms. The van der Waals surface area contributed by atoms with Crippen LogP contribution in [0.25, 0.3) is 10.2 Å². The van der Waals surface area contributed by atoms with Crippen molar-refractivity contribution in [1.29, 1.82) is 0 Å². The number of nitrogens with zero attached hydrogens (tertiary/aromatic N) is 3. The summed E-state index contributed by atoms with van der Waals surface area (Å²) in [7, 11) is -0.826. The molecule has 0 spiro atoms. The van der Waals surface area contributed by atoms with Gasteiger partial charge in [0.15, 0.2) is 4.80 Å². The fraction of sp³-hybridized carbons (Fsp3) is 0.318. The molecular formula is C22H25N3O6S2.